The SMILES string of the molecule is CCc1c2c(nc3ccc(CC(=O)CCCOC(=O)C4CC(O)CC(O)O4)cc13)-c1cc3c(c(=O)n1C2)CCC(=O)[C@]3(O)CC. The second kappa shape index (κ2) is 12.2. The predicted molar refractivity (Wildman–Crippen MR) is 162 cm³/mol. The lowest BCUT2D eigenvalue weighted by atomic mass is 9.77. The summed E-state index contributed by atoms with van der Waals surface area (Å²) >= 11 is 0. The van der Waals surface area contributed by atoms with Crippen molar-refractivity contribution in [1.29, 1.82) is 0 Å². The number of carbonyl (C=O) groups excluding carboxylic acids is 3. The van der Waals surface area contributed by atoms with Gasteiger partial charge in [-0.25, -0.2) is 9.78 Å². The van der Waals surface area contributed by atoms with Crippen LogP contribution in [-0.4, -0.2) is 67.5 Å². The third-order valence-corrected chi connectivity index (χ3v) is 9.39. The minimum absolute atomic E-state index is 0.0141. The number of ether oxygens (including phenoxy) is 2. The van der Waals surface area contributed by atoms with Crippen LogP contribution in [0, 0.1) is 0 Å². The van der Waals surface area contributed by atoms with Crippen LogP contribution in [-0.2, 0) is 55.3 Å². The van der Waals surface area contributed by atoms with Crippen LogP contribution >= 0.6 is 0 Å². The highest BCUT2D eigenvalue weighted by Gasteiger charge is 2.43. The summed E-state index contributed by atoms with van der Waals surface area (Å²) in [6.45, 7) is 4.17. The molecule has 0 saturated carbocycles. The number of carbonyl (C=O) groups is 3. The van der Waals surface area contributed by atoms with E-state index in [0.29, 0.717) is 48.3 Å². The van der Waals surface area contributed by atoms with Gasteiger partial charge in [0.25, 0.3) is 5.56 Å². The average Bonchev–Trinajstić information content (AvgIpc) is 3.38. The lowest BCUT2D eigenvalue weighted by molar-refractivity contribution is -0.207. The van der Waals surface area contributed by atoms with Gasteiger partial charge < -0.3 is 29.4 Å². The molecule has 6 rings (SSSR count). The molecular formula is C34H38N2O9. The van der Waals surface area contributed by atoms with Crippen LogP contribution in [0.1, 0.15) is 80.2 Å². The topological polar surface area (TPSA) is 165 Å². The number of aliphatic hydroxyl groups excluding tert-OH is 2. The van der Waals surface area contributed by atoms with E-state index in [4.69, 9.17) is 14.5 Å². The Morgan fingerprint density at radius 3 is 2.64 bits per heavy atom. The first-order valence-electron chi connectivity index (χ1n) is 15.7. The second-order valence-electron chi connectivity index (χ2n) is 12.3. The molecule has 11 nitrogen and oxygen atoms in total. The zero-order valence-electron chi connectivity index (χ0n) is 25.5. The Morgan fingerprint density at radius 2 is 1.91 bits per heavy atom. The number of benzene rings is 1. The van der Waals surface area contributed by atoms with Crippen LogP contribution in [0.15, 0.2) is 29.1 Å². The Labute approximate surface area is 259 Å². The average molecular weight is 619 g/mol. The lowest BCUT2D eigenvalue weighted by Gasteiger charge is -2.32. The standard InChI is InChI=1S/C34H38N2O9/c1-3-21-23-13-18(12-19(37)6-5-11-44-33(42)28-14-20(38)15-30(40)45-28)7-9-26(23)35-31-24(21)17-36-27(31)16-25-22(32(36)41)8-10-29(39)34(25,43)4-2/h7,9,13,16,20,28,30,38,40,43H,3-6,8,10-12,14-15,17H2,1-2H3/t20?,28?,30?,34-/m0/s1. The van der Waals surface area contributed by atoms with Crippen molar-refractivity contribution in [1.82, 2.24) is 9.55 Å². The minimum Gasteiger partial charge on any atom is -0.464 e. The van der Waals surface area contributed by atoms with Crippen molar-refractivity contribution >= 4 is 28.4 Å². The number of pyridine rings is 2. The first kappa shape index (κ1) is 31.2. The molecule has 2 aromatic heterocycles. The highest BCUT2D eigenvalue weighted by molar-refractivity contribution is 5.92. The maximum atomic E-state index is 13.6. The number of aryl methyl sites for hydroxylation is 1. The number of Topliss-reactive ketones (excluding diaryl/α,β-unsaturated/α-hetero) is 2. The van der Waals surface area contributed by atoms with E-state index in [0.717, 1.165) is 27.6 Å². The van der Waals surface area contributed by atoms with Gasteiger partial charge in [0.1, 0.15) is 11.4 Å². The van der Waals surface area contributed by atoms with Gasteiger partial charge in [-0.2, -0.15) is 0 Å². The molecule has 4 heterocycles. The largest absolute Gasteiger partial charge is 0.464 e. The summed E-state index contributed by atoms with van der Waals surface area (Å²) in [5.41, 5.74) is 3.85. The van der Waals surface area contributed by atoms with Crippen molar-refractivity contribution in [2.24, 2.45) is 0 Å². The molecule has 11 heteroatoms. The molecule has 1 aliphatic carbocycles. The Kier molecular flexibility index (Phi) is 8.47. The highest BCUT2D eigenvalue weighted by Crippen LogP contribution is 2.41. The van der Waals surface area contributed by atoms with E-state index in [9.17, 15) is 34.5 Å². The van der Waals surface area contributed by atoms with E-state index in [1.807, 2.05) is 25.1 Å². The molecular weight excluding hydrogens is 580 g/mol. The summed E-state index contributed by atoms with van der Waals surface area (Å²) in [6.07, 6.45) is -0.900. The van der Waals surface area contributed by atoms with Crippen molar-refractivity contribution in [3.8, 4) is 11.4 Å². The first-order valence-corrected chi connectivity index (χ1v) is 15.7. The molecule has 0 radical (unpaired) electrons. The van der Waals surface area contributed by atoms with Gasteiger partial charge >= 0.3 is 5.97 Å². The summed E-state index contributed by atoms with van der Waals surface area (Å²) in [6, 6.07) is 7.49. The maximum absolute atomic E-state index is 13.6. The van der Waals surface area contributed by atoms with Gasteiger partial charge in [-0.05, 0) is 55.0 Å². The summed E-state index contributed by atoms with van der Waals surface area (Å²) in [5, 5.41) is 31.5. The number of aliphatic hydroxyl groups is 3. The number of esters is 1. The summed E-state index contributed by atoms with van der Waals surface area (Å²) in [5.74, 6) is -0.944. The predicted octanol–water partition coefficient (Wildman–Crippen LogP) is 2.39. The molecule has 1 saturated heterocycles. The number of nitrogens with zero attached hydrogens (tertiary/aromatic N) is 2. The van der Waals surface area contributed by atoms with Crippen LogP contribution in [0.25, 0.3) is 22.3 Å². The number of fused-ring (bicyclic) bond motifs is 5. The molecule has 238 valence electrons. The number of rotatable bonds is 9. The van der Waals surface area contributed by atoms with Crippen molar-refractivity contribution in [2.75, 3.05) is 6.61 Å². The molecule has 4 atom stereocenters. The Balaban J connectivity index is 1.18. The second-order valence-corrected chi connectivity index (χ2v) is 12.3. The minimum atomic E-state index is -1.67. The van der Waals surface area contributed by atoms with Gasteiger partial charge in [0, 0.05) is 54.2 Å². The number of hydrogen-bond donors (Lipinski definition) is 3. The summed E-state index contributed by atoms with van der Waals surface area (Å²) in [7, 11) is 0. The fourth-order valence-corrected chi connectivity index (χ4v) is 6.99. The van der Waals surface area contributed by atoms with E-state index < -0.39 is 30.1 Å². The fourth-order valence-electron chi connectivity index (χ4n) is 6.99. The van der Waals surface area contributed by atoms with Gasteiger partial charge in [0.05, 0.1) is 36.2 Å². The van der Waals surface area contributed by atoms with E-state index in [-0.39, 0.29) is 62.3 Å². The molecule has 45 heavy (non-hydrogen) atoms. The molecule has 1 fully saturated rings. The Bertz CT molecular complexity index is 1750. The zero-order valence-corrected chi connectivity index (χ0v) is 25.5. The highest BCUT2D eigenvalue weighted by atomic mass is 16.6. The van der Waals surface area contributed by atoms with Crippen molar-refractivity contribution < 1.29 is 39.2 Å². The lowest BCUT2D eigenvalue weighted by Crippen LogP contribution is -2.43. The van der Waals surface area contributed by atoms with Crippen molar-refractivity contribution in [3.63, 3.8) is 0 Å². The van der Waals surface area contributed by atoms with Gasteiger partial charge in [0.15, 0.2) is 18.2 Å². The third kappa shape index (κ3) is 5.63. The van der Waals surface area contributed by atoms with Crippen LogP contribution < -0.4 is 5.56 Å². The summed E-state index contributed by atoms with van der Waals surface area (Å²) < 4.78 is 12.0. The molecule has 1 aromatic carbocycles. The Hall–Kier alpha value is -3.77. The number of ketones is 2. The monoisotopic (exact) mass is 618 g/mol. The number of hydrogen-bond acceptors (Lipinski definition) is 10. The van der Waals surface area contributed by atoms with Crippen LogP contribution in [0.4, 0.5) is 0 Å². The van der Waals surface area contributed by atoms with E-state index >= 15 is 0 Å². The third-order valence-electron chi connectivity index (χ3n) is 9.39. The molecule has 0 spiro atoms. The molecule has 0 bridgehead atoms. The van der Waals surface area contributed by atoms with Crippen LogP contribution in [0.3, 0.4) is 0 Å². The Morgan fingerprint density at radius 1 is 1.11 bits per heavy atom. The zero-order chi connectivity index (χ0) is 32.0. The van der Waals surface area contributed by atoms with E-state index in [1.165, 1.54) is 0 Å². The van der Waals surface area contributed by atoms with Crippen molar-refractivity contribution in [2.45, 2.75) is 102 Å². The molecule has 3 aromatic rings. The van der Waals surface area contributed by atoms with Gasteiger partial charge in [-0.15, -0.1) is 0 Å². The van der Waals surface area contributed by atoms with Gasteiger partial charge in [-0.1, -0.05) is 19.9 Å². The molecule has 3 unspecified atom stereocenters. The van der Waals surface area contributed by atoms with Crippen molar-refractivity contribution in [3.05, 3.63) is 62.4 Å². The van der Waals surface area contributed by atoms with Gasteiger partial charge in [0.2, 0.25) is 0 Å². The van der Waals surface area contributed by atoms with Crippen LogP contribution in [0.2, 0.25) is 0 Å². The summed E-state index contributed by atoms with van der Waals surface area (Å²) in [4.78, 5) is 56.3. The van der Waals surface area contributed by atoms with E-state index in [1.54, 1.807) is 17.6 Å². The molecule has 3 aliphatic rings. The van der Waals surface area contributed by atoms with E-state index in [2.05, 4.69) is 0 Å². The maximum Gasteiger partial charge on any atom is 0.335 e. The molecule has 2 aliphatic heterocycles. The quantitative estimate of drug-likeness (QED) is 0.187. The smallest absolute Gasteiger partial charge is 0.335 e. The normalized spacial score (nSPS) is 23.8. The molecule has 0 amide bonds. The van der Waals surface area contributed by atoms with Crippen LogP contribution in [0.5, 0.6) is 0 Å². The fraction of sp³-hybridized carbons (Fsp3) is 0.500. The number of aromatic nitrogens is 2. The first-order chi connectivity index (χ1) is 21.5. The van der Waals surface area contributed by atoms with Gasteiger partial charge in [-0.3, -0.25) is 14.4 Å². The molecule has 3 N–H and O–H groups in total.